The number of pyridine rings is 1. The molecule has 0 aliphatic heterocycles. The number of urea groups is 1. The fraction of sp³-hybridized carbons (Fsp3) is 0.200. The molecule has 1 fully saturated rings. The van der Waals surface area contributed by atoms with E-state index in [0.29, 0.717) is 40.2 Å². The number of hydrogen-bond donors (Lipinski definition) is 6. The maximum Gasteiger partial charge on any atom is 0.503 e. The second kappa shape index (κ2) is 12.4. The zero-order valence-corrected chi connectivity index (χ0v) is 20.2. The second-order valence-electron chi connectivity index (χ2n) is 7.86. The van der Waals surface area contributed by atoms with Crippen molar-refractivity contribution >= 4 is 52.6 Å². The monoisotopic (exact) mass is 511 g/mol. The smallest absolute Gasteiger partial charge is 0.450 e. The van der Waals surface area contributed by atoms with E-state index in [1.807, 2.05) is 19.1 Å². The number of amides is 3. The first-order chi connectivity index (χ1) is 17.2. The number of benzene rings is 2. The predicted molar refractivity (Wildman–Crippen MR) is 139 cm³/mol. The fourth-order valence-electron chi connectivity index (χ4n) is 3.27. The lowest BCUT2D eigenvalue weighted by molar-refractivity contribution is 0.102. The summed E-state index contributed by atoms with van der Waals surface area (Å²) < 4.78 is 0. The molecule has 6 N–H and O–H groups in total. The quantitative estimate of drug-likeness (QED) is 0.228. The van der Waals surface area contributed by atoms with Gasteiger partial charge in [-0.1, -0.05) is 23.7 Å². The van der Waals surface area contributed by atoms with Crippen molar-refractivity contribution in [3.8, 4) is 0 Å². The maximum atomic E-state index is 13.0. The summed E-state index contributed by atoms with van der Waals surface area (Å²) in [5, 5.41) is 26.0. The van der Waals surface area contributed by atoms with E-state index in [1.54, 1.807) is 30.3 Å². The summed E-state index contributed by atoms with van der Waals surface area (Å²) in [4.78, 5) is 37.7. The normalized spacial score (nSPS) is 11.9. The number of carboxylic acid groups (broad SMARTS) is 2. The number of carbonyl (C=O) groups excluding carboxylic acids is 2. The minimum Gasteiger partial charge on any atom is -0.450 e. The highest BCUT2D eigenvalue weighted by atomic mass is 35.5. The molecule has 1 aliphatic carbocycles. The highest BCUT2D eigenvalue weighted by molar-refractivity contribution is 6.30. The van der Waals surface area contributed by atoms with Crippen molar-refractivity contribution in [3.05, 3.63) is 76.9 Å². The lowest BCUT2D eigenvalue weighted by Crippen LogP contribution is -2.28. The van der Waals surface area contributed by atoms with Crippen molar-refractivity contribution in [2.75, 3.05) is 22.5 Å². The van der Waals surface area contributed by atoms with Gasteiger partial charge >= 0.3 is 12.2 Å². The van der Waals surface area contributed by atoms with Crippen molar-refractivity contribution in [2.45, 2.75) is 25.7 Å². The third-order valence-electron chi connectivity index (χ3n) is 5.07. The minimum absolute atomic E-state index is 0.308. The molecule has 36 heavy (non-hydrogen) atoms. The van der Waals surface area contributed by atoms with Gasteiger partial charge in [0.05, 0.1) is 11.3 Å². The van der Waals surface area contributed by atoms with E-state index in [1.165, 1.54) is 24.6 Å². The summed E-state index contributed by atoms with van der Waals surface area (Å²) in [5.41, 5.74) is 3.60. The van der Waals surface area contributed by atoms with Gasteiger partial charge in [0.1, 0.15) is 5.82 Å². The lowest BCUT2D eigenvalue weighted by atomic mass is 10.1. The molecule has 0 saturated heterocycles. The van der Waals surface area contributed by atoms with E-state index in [2.05, 4.69) is 38.4 Å². The molecule has 0 spiro atoms. The topological polar surface area (TPSA) is 153 Å². The third kappa shape index (κ3) is 8.17. The Morgan fingerprint density at radius 2 is 1.58 bits per heavy atom. The Morgan fingerprint density at radius 1 is 0.972 bits per heavy atom. The molecule has 3 aromatic rings. The van der Waals surface area contributed by atoms with Crippen LogP contribution in [0.1, 0.15) is 41.6 Å². The van der Waals surface area contributed by atoms with Crippen molar-refractivity contribution in [1.82, 2.24) is 10.3 Å². The molecular formula is C25H26ClN5O5. The van der Waals surface area contributed by atoms with E-state index >= 15 is 0 Å². The van der Waals surface area contributed by atoms with Crippen LogP contribution in [-0.2, 0) is 0 Å². The molecule has 1 saturated carbocycles. The van der Waals surface area contributed by atoms with Crippen LogP contribution in [-0.4, -0.2) is 39.8 Å². The van der Waals surface area contributed by atoms with Crippen molar-refractivity contribution < 1.29 is 24.6 Å². The molecule has 11 heteroatoms. The Kier molecular flexibility index (Phi) is 9.07. The summed E-state index contributed by atoms with van der Waals surface area (Å²) in [6, 6.07) is 16.3. The van der Waals surface area contributed by atoms with E-state index in [4.69, 9.17) is 26.6 Å². The summed E-state index contributed by atoms with van der Waals surface area (Å²) in [6.45, 7) is 2.31. The maximum absolute atomic E-state index is 13.0. The average molecular weight is 512 g/mol. The third-order valence-corrected chi connectivity index (χ3v) is 5.32. The molecule has 188 valence electrons. The summed E-state index contributed by atoms with van der Waals surface area (Å²) in [6.07, 6.45) is 2.06. The number of aromatic nitrogens is 1. The van der Waals surface area contributed by atoms with Crippen molar-refractivity contribution in [3.63, 3.8) is 0 Å². The molecule has 0 bridgehead atoms. The van der Waals surface area contributed by atoms with E-state index in [0.717, 1.165) is 5.69 Å². The average Bonchev–Trinajstić information content (AvgIpc) is 3.67. The van der Waals surface area contributed by atoms with Gasteiger partial charge in [0, 0.05) is 35.2 Å². The first-order valence-electron chi connectivity index (χ1n) is 11.2. The molecule has 1 aliphatic rings. The molecule has 2 aromatic carbocycles. The molecule has 10 nitrogen and oxygen atoms in total. The Labute approximate surface area is 212 Å². The van der Waals surface area contributed by atoms with Crippen LogP contribution in [0.15, 0.2) is 60.8 Å². The number of nitrogens with one attached hydrogen (secondary N) is 4. The van der Waals surface area contributed by atoms with Gasteiger partial charge in [-0.05, 0) is 67.6 Å². The largest absolute Gasteiger partial charge is 0.503 e. The Balaban J connectivity index is 0.000000840. The SMILES string of the molecule is CCNC(=O)Nc1cc(Nc2ccc(Cl)cc2)c(C(=O)Nc2ccc(C3CC3)cc2)cn1.O=C(O)O. The van der Waals surface area contributed by atoms with Crippen LogP contribution in [0.25, 0.3) is 0 Å². The minimum atomic E-state index is -1.83. The summed E-state index contributed by atoms with van der Waals surface area (Å²) >= 11 is 5.98. The van der Waals surface area contributed by atoms with Gasteiger partial charge in [0.25, 0.3) is 5.91 Å². The van der Waals surface area contributed by atoms with Gasteiger partial charge in [-0.2, -0.15) is 0 Å². The summed E-state index contributed by atoms with van der Waals surface area (Å²) in [5.74, 6) is 0.666. The van der Waals surface area contributed by atoms with Crippen LogP contribution >= 0.6 is 11.6 Å². The van der Waals surface area contributed by atoms with Crippen molar-refractivity contribution in [2.24, 2.45) is 0 Å². The molecule has 0 atom stereocenters. The molecule has 1 heterocycles. The highest BCUT2D eigenvalue weighted by Crippen LogP contribution is 2.40. The molecule has 0 unspecified atom stereocenters. The van der Waals surface area contributed by atoms with Gasteiger partial charge in [0.2, 0.25) is 0 Å². The van der Waals surface area contributed by atoms with Crippen LogP contribution in [0.4, 0.5) is 32.5 Å². The number of nitrogens with zero attached hydrogens (tertiary/aromatic N) is 1. The Hall–Kier alpha value is -4.31. The zero-order chi connectivity index (χ0) is 26.1. The lowest BCUT2D eigenvalue weighted by Gasteiger charge is -2.14. The molecular weight excluding hydrogens is 486 g/mol. The number of carbonyl (C=O) groups is 3. The van der Waals surface area contributed by atoms with E-state index in [-0.39, 0.29) is 11.9 Å². The Bertz CT molecular complexity index is 1210. The number of rotatable bonds is 7. The van der Waals surface area contributed by atoms with Gasteiger partial charge in [-0.15, -0.1) is 0 Å². The fourth-order valence-corrected chi connectivity index (χ4v) is 3.40. The first kappa shape index (κ1) is 26.3. The first-order valence-corrected chi connectivity index (χ1v) is 11.5. The number of halogens is 1. The Morgan fingerprint density at radius 3 is 2.17 bits per heavy atom. The van der Waals surface area contributed by atoms with Crippen LogP contribution in [0.3, 0.4) is 0 Å². The molecule has 0 radical (unpaired) electrons. The molecule has 1 aromatic heterocycles. The zero-order valence-electron chi connectivity index (χ0n) is 19.4. The standard InChI is InChI=1S/C24H24ClN5O2.CH2O3/c1-2-26-24(32)30-22-13-21(28-18-11-7-17(25)8-12-18)20(14-27-22)23(31)29-19-9-5-16(6-10-19)15-3-4-15;2-1(3)4/h5-15H,2-4H2,1H3,(H,29,31)(H3,26,27,28,30,32);(H2,2,3,4). The van der Waals surface area contributed by atoms with Gasteiger partial charge < -0.3 is 26.2 Å². The van der Waals surface area contributed by atoms with Crippen LogP contribution in [0.5, 0.6) is 0 Å². The molecule has 4 rings (SSSR count). The molecule has 3 amide bonds. The van der Waals surface area contributed by atoms with Crippen molar-refractivity contribution in [1.29, 1.82) is 0 Å². The second-order valence-corrected chi connectivity index (χ2v) is 8.30. The van der Waals surface area contributed by atoms with Crippen LogP contribution in [0, 0.1) is 0 Å². The van der Waals surface area contributed by atoms with Gasteiger partial charge in [0.15, 0.2) is 0 Å². The van der Waals surface area contributed by atoms with Gasteiger partial charge in [-0.25, -0.2) is 14.6 Å². The van der Waals surface area contributed by atoms with Crippen LogP contribution in [0.2, 0.25) is 5.02 Å². The number of anilines is 4. The summed E-state index contributed by atoms with van der Waals surface area (Å²) in [7, 11) is 0. The van der Waals surface area contributed by atoms with Gasteiger partial charge in [-0.3, -0.25) is 10.1 Å². The highest BCUT2D eigenvalue weighted by Gasteiger charge is 2.23. The van der Waals surface area contributed by atoms with Crippen LogP contribution < -0.4 is 21.3 Å². The predicted octanol–water partition coefficient (Wildman–Crippen LogP) is 5.97. The number of hydrogen-bond acceptors (Lipinski definition) is 5. The van der Waals surface area contributed by atoms with E-state index in [9.17, 15) is 9.59 Å². The van der Waals surface area contributed by atoms with E-state index < -0.39 is 6.16 Å².